The molecule has 0 N–H and O–H groups in total. The van der Waals surface area contributed by atoms with Gasteiger partial charge in [-0.1, -0.05) is 12.1 Å². The van der Waals surface area contributed by atoms with E-state index in [0.717, 1.165) is 0 Å². The molecule has 100 valence electrons. The van der Waals surface area contributed by atoms with Crippen LogP contribution in [-0.4, -0.2) is 32.9 Å². The van der Waals surface area contributed by atoms with Crippen molar-refractivity contribution >= 4 is 5.97 Å². The zero-order chi connectivity index (χ0) is 13.4. The molecule has 0 amide bonds. The van der Waals surface area contributed by atoms with Gasteiger partial charge < -0.3 is 9.47 Å². The summed E-state index contributed by atoms with van der Waals surface area (Å²) in [6.07, 6.45) is 0.713. The van der Waals surface area contributed by atoms with Gasteiger partial charge >= 0.3 is 5.97 Å². The van der Waals surface area contributed by atoms with E-state index >= 15 is 0 Å². The highest BCUT2D eigenvalue weighted by atomic mass is 17.2. The Morgan fingerprint density at radius 3 is 2.67 bits per heavy atom. The first-order valence-corrected chi connectivity index (χ1v) is 5.68. The van der Waals surface area contributed by atoms with Gasteiger partial charge in [0, 0.05) is 13.5 Å². The van der Waals surface area contributed by atoms with Crippen molar-refractivity contribution in [2.24, 2.45) is 0 Å². The topological polar surface area (TPSA) is 54.0 Å². The number of hydrogen-bond donors (Lipinski definition) is 0. The minimum absolute atomic E-state index is 0.0648. The molecule has 1 aromatic carbocycles. The molecule has 18 heavy (non-hydrogen) atoms. The number of rotatable bonds is 7. The van der Waals surface area contributed by atoms with Crippen LogP contribution in [0.25, 0.3) is 0 Å². The van der Waals surface area contributed by atoms with Crippen molar-refractivity contribution < 1.29 is 24.0 Å². The molecule has 0 bridgehead atoms. The highest BCUT2D eigenvalue weighted by Gasteiger charge is 2.14. The highest BCUT2D eigenvalue weighted by molar-refractivity contribution is 5.92. The van der Waals surface area contributed by atoms with E-state index in [9.17, 15) is 4.79 Å². The van der Waals surface area contributed by atoms with Crippen molar-refractivity contribution in [2.75, 3.05) is 20.8 Å². The third-order valence-electron chi connectivity index (χ3n) is 2.47. The molecular weight excluding hydrogens is 236 g/mol. The fourth-order valence-electron chi connectivity index (χ4n) is 1.29. The van der Waals surface area contributed by atoms with Crippen LogP contribution in [0.5, 0.6) is 5.75 Å². The van der Waals surface area contributed by atoms with Crippen LogP contribution in [0, 0.1) is 0 Å². The van der Waals surface area contributed by atoms with E-state index < -0.39 is 5.97 Å². The SMILES string of the molecule is COc1ccccc1C(=O)OOCCC(C)OC. The van der Waals surface area contributed by atoms with Gasteiger partial charge in [0.15, 0.2) is 0 Å². The molecule has 0 fully saturated rings. The molecule has 1 unspecified atom stereocenters. The molecule has 1 rings (SSSR count). The van der Waals surface area contributed by atoms with E-state index in [1.54, 1.807) is 31.4 Å². The maximum atomic E-state index is 11.7. The summed E-state index contributed by atoms with van der Waals surface area (Å²) in [4.78, 5) is 21.2. The smallest absolute Gasteiger partial charge is 0.376 e. The molecule has 1 atom stereocenters. The van der Waals surface area contributed by atoms with Gasteiger partial charge in [0.25, 0.3) is 0 Å². The molecule has 5 nitrogen and oxygen atoms in total. The number of hydrogen-bond acceptors (Lipinski definition) is 5. The average molecular weight is 254 g/mol. The lowest BCUT2D eigenvalue weighted by atomic mass is 10.2. The fourth-order valence-corrected chi connectivity index (χ4v) is 1.29. The summed E-state index contributed by atoms with van der Waals surface area (Å²) < 4.78 is 10.1. The molecule has 5 heteroatoms. The summed E-state index contributed by atoms with van der Waals surface area (Å²) in [5, 5.41) is 0. The number of methoxy groups -OCH3 is 2. The van der Waals surface area contributed by atoms with Crippen LogP contribution in [0.1, 0.15) is 23.7 Å². The largest absolute Gasteiger partial charge is 0.496 e. The third kappa shape index (κ3) is 4.35. The summed E-state index contributed by atoms with van der Waals surface area (Å²) in [7, 11) is 3.11. The van der Waals surface area contributed by atoms with Crippen LogP contribution in [0.15, 0.2) is 24.3 Å². The van der Waals surface area contributed by atoms with Crippen molar-refractivity contribution in [3.8, 4) is 5.75 Å². The van der Waals surface area contributed by atoms with Crippen LogP contribution in [0.3, 0.4) is 0 Å². The van der Waals surface area contributed by atoms with Crippen molar-refractivity contribution in [2.45, 2.75) is 19.4 Å². The van der Waals surface area contributed by atoms with Gasteiger partial charge in [0.2, 0.25) is 0 Å². The Balaban J connectivity index is 2.41. The van der Waals surface area contributed by atoms with E-state index in [0.29, 0.717) is 17.7 Å². The van der Waals surface area contributed by atoms with Crippen molar-refractivity contribution in [3.63, 3.8) is 0 Å². The predicted octanol–water partition coefficient (Wildman–Crippen LogP) is 2.21. The normalized spacial score (nSPS) is 11.9. The molecule has 1 aromatic rings. The molecule has 0 aliphatic heterocycles. The van der Waals surface area contributed by atoms with E-state index in [4.69, 9.17) is 19.2 Å². The Kier molecular flexibility index (Phi) is 6.18. The Morgan fingerprint density at radius 1 is 1.28 bits per heavy atom. The van der Waals surface area contributed by atoms with E-state index in [-0.39, 0.29) is 12.7 Å². The first kappa shape index (κ1) is 14.5. The van der Waals surface area contributed by atoms with Gasteiger partial charge in [-0.3, -0.25) is 4.89 Å². The second-order valence-electron chi connectivity index (χ2n) is 3.73. The molecule has 0 aliphatic carbocycles. The second-order valence-corrected chi connectivity index (χ2v) is 3.73. The maximum Gasteiger partial charge on any atom is 0.376 e. The van der Waals surface area contributed by atoms with Crippen molar-refractivity contribution in [3.05, 3.63) is 29.8 Å². The van der Waals surface area contributed by atoms with Crippen LogP contribution in [-0.2, 0) is 14.5 Å². The fraction of sp³-hybridized carbons (Fsp3) is 0.462. The lowest BCUT2D eigenvalue weighted by Gasteiger charge is -2.09. The molecular formula is C13H18O5. The quantitative estimate of drug-likeness (QED) is 0.424. The van der Waals surface area contributed by atoms with Crippen LogP contribution >= 0.6 is 0 Å². The molecule has 0 saturated carbocycles. The number of para-hydroxylation sites is 1. The number of benzene rings is 1. The van der Waals surface area contributed by atoms with Crippen molar-refractivity contribution in [1.29, 1.82) is 0 Å². The third-order valence-corrected chi connectivity index (χ3v) is 2.47. The minimum atomic E-state index is -0.572. The van der Waals surface area contributed by atoms with E-state index in [1.807, 2.05) is 6.92 Å². The lowest BCUT2D eigenvalue weighted by molar-refractivity contribution is -0.244. The van der Waals surface area contributed by atoms with Gasteiger partial charge in [-0.2, -0.15) is 4.89 Å². The van der Waals surface area contributed by atoms with Gasteiger partial charge in [-0.15, -0.1) is 0 Å². The van der Waals surface area contributed by atoms with Gasteiger partial charge in [-0.25, -0.2) is 4.79 Å². The maximum absolute atomic E-state index is 11.7. The van der Waals surface area contributed by atoms with Gasteiger partial charge in [0.1, 0.15) is 11.3 Å². The molecule has 0 radical (unpaired) electrons. The molecule has 0 aromatic heterocycles. The monoisotopic (exact) mass is 254 g/mol. The van der Waals surface area contributed by atoms with E-state index in [1.165, 1.54) is 7.11 Å². The number of carbonyl (C=O) groups is 1. The first-order chi connectivity index (χ1) is 8.69. The van der Waals surface area contributed by atoms with Crippen LogP contribution in [0.2, 0.25) is 0 Å². The number of ether oxygens (including phenoxy) is 2. The average Bonchev–Trinajstić information content (AvgIpc) is 2.42. The molecule has 0 heterocycles. The second kappa shape index (κ2) is 7.68. The van der Waals surface area contributed by atoms with Crippen LogP contribution in [0.4, 0.5) is 0 Å². The Labute approximate surface area is 107 Å². The predicted molar refractivity (Wildman–Crippen MR) is 65.4 cm³/mol. The Bertz CT molecular complexity index is 377. The van der Waals surface area contributed by atoms with Crippen LogP contribution < -0.4 is 4.74 Å². The first-order valence-electron chi connectivity index (χ1n) is 5.68. The summed E-state index contributed by atoms with van der Waals surface area (Å²) in [6.45, 7) is 2.20. The summed E-state index contributed by atoms with van der Waals surface area (Å²) in [5.74, 6) is -0.117. The standard InChI is InChI=1S/C13H18O5/c1-10(15-2)8-9-17-18-13(14)11-6-4-5-7-12(11)16-3/h4-7,10H,8-9H2,1-3H3. The molecule has 0 spiro atoms. The lowest BCUT2D eigenvalue weighted by Crippen LogP contribution is -2.12. The van der Waals surface area contributed by atoms with E-state index in [2.05, 4.69) is 0 Å². The van der Waals surface area contributed by atoms with Gasteiger partial charge in [0.05, 0.1) is 19.8 Å². The number of carbonyl (C=O) groups excluding carboxylic acids is 1. The Morgan fingerprint density at radius 2 is 2.00 bits per heavy atom. The summed E-state index contributed by atoms with van der Waals surface area (Å²) in [6, 6.07) is 6.80. The zero-order valence-corrected chi connectivity index (χ0v) is 10.8. The molecule has 0 saturated heterocycles. The zero-order valence-electron chi connectivity index (χ0n) is 10.8. The van der Waals surface area contributed by atoms with Gasteiger partial charge in [-0.05, 0) is 19.1 Å². The summed E-state index contributed by atoms with van der Waals surface area (Å²) in [5.41, 5.74) is 0.333. The Hall–Kier alpha value is -1.59. The minimum Gasteiger partial charge on any atom is -0.496 e. The van der Waals surface area contributed by atoms with Crippen molar-refractivity contribution in [1.82, 2.24) is 0 Å². The highest BCUT2D eigenvalue weighted by Crippen LogP contribution is 2.18. The summed E-state index contributed by atoms with van der Waals surface area (Å²) >= 11 is 0. The molecule has 0 aliphatic rings.